The van der Waals surface area contributed by atoms with Gasteiger partial charge in [0, 0.05) is 16.7 Å². The lowest BCUT2D eigenvalue weighted by atomic mass is 10.1. The first kappa shape index (κ1) is 17.9. The minimum absolute atomic E-state index is 0.0608. The van der Waals surface area contributed by atoms with Gasteiger partial charge in [-0.15, -0.1) is 0 Å². The van der Waals surface area contributed by atoms with Gasteiger partial charge in [0.25, 0.3) is 5.91 Å². The molecule has 1 amide bonds. The molecule has 0 unspecified atom stereocenters. The van der Waals surface area contributed by atoms with Gasteiger partial charge in [-0.05, 0) is 48.9 Å². The first-order valence-corrected chi connectivity index (χ1v) is 7.91. The topological polar surface area (TPSA) is 64.4 Å². The summed E-state index contributed by atoms with van der Waals surface area (Å²) in [6, 6.07) is 9.77. The third-order valence-corrected chi connectivity index (χ3v) is 3.91. The number of aryl methyl sites for hydroxylation is 1. The van der Waals surface area contributed by atoms with Crippen molar-refractivity contribution < 1.29 is 22.8 Å². The lowest BCUT2D eigenvalue weighted by molar-refractivity contribution is -0.118. The van der Waals surface area contributed by atoms with E-state index in [0.29, 0.717) is 16.3 Å². The molecule has 0 fully saturated rings. The second-order valence-corrected chi connectivity index (χ2v) is 5.86. The fourth-order valence-corrected chi connectivity index (χ4v) is 2.27. The summed E-state index contributed by atoms with van der Waals surface area (Å²) in [6.45, 7) is 1.58. The second kappa shape index (κ2) is 7.53. The van der Waals surface area contributed by atoms with Crippen molar-refractivity contribution in [1.29, 1.82) is 0 Å². The summed E-state index contributed by atoms with van der Waals surface area (Å²) < 4.78 is 36.6. The van der Waals surface area contributed by atoms with Crippen LogP contribution in [0.5, 0.6) is 5.75 Å². The lowest BCUT2D eigenvalue weighted by Gasteiger charge is -2.07. The van der Waals surface area contributed by atoms with E-state index < -0.39 is 17.5 Å². The van der Waals surface area contributed by atoms with E-state index in [-0.39, 0.29) is 18.2 Å². The fourth-order valence-electron chi connectivity index (χ4n) is 2.15. The maximum absolute atomic E-state index is 13.3. The molecule has 0 bridgehead atoms. The number of carbonyl (C=O) groups excluding carboxylic acids is 1. The number of hydrogen-bond acceptors (Lipinski definition) is 4. The van der Waals surface area contributed by atoms with E-state index in [0.717, 1.165) is 17.7 Å². The third-order valence-electron chi connectivity index (χ3n) is 3.49. The highest BCUT2D eigenvalue weighted by Crippen LogP contribution is 2.24. The standard InChI is InChI=1S/C18H13ClF2N2O3/c1-10-6-12(3-4-13(10)19)25-9-17(24)22-18-8-16(23-26-18)11-2-5-14(20)15(21)7-11/h2-8H,9H2,1H3,(H,22,24). The molecule has 0 spiro atoms. The van der Waals surface area contributed by atoms with Crippen molar-refractivity contribution in [3.63, 3.8) is 0 Å². The van der Waals surface area contributed by atoms with Crippen molar-refractivity contribution in [2.75, 3.05) is 11.9 Å². The molecule has 0 saturated heterocycles. The molecule has 0 aliphatic carbocycles. The molecule has 0 radical (unpaired) electrons. The molecular weight excluding hydrogens is 366 g/mol. The van der Waals surface area contributed by atoms with Crippen molar-refractivity contribution in [2.24, 2.45) is 0 Å². The van der Waals surface area contributed by atoms with E-state index in [1.165, 1.54) is 12.1 Å². The predicted molar refractivity (Wildman–Crippen MR) is 92.2 cm³/mol. The van der Waals surface area contributed by atoms with Crippen LogP contribution in [0, 0.1) is 18.6 Å². The highest BCUT2D eigenvalue weighted by Gasteiger charge is 2.12. The molecule has 0 atom stereocenters. The van der Waals surface area contributed by atoms with Gasteiger partial charge < -0.3 is 9.26 Å². The van der Waals surface area contributed by atoms with Crippen LogP contribution in [0.1, 0.15) is 5.56 Å². The number of carbonyl (C=O) groups is 1. The van der Waals surface area contributed by atoms with E-state index in [9.17, 15) is 13.6 Å². The van der Waals surface area contributed by atoms with Gasteiger partial charge >= 0.3 is 0 Å². The summed E-state index contributed by atoms with van der Waals surface area (Å²) >= 11 is 5.92. The van der Waals surface area contributed by atoms with E-state index in [1.54, 1.807) is 18.2 Å². The number of aromatic nitrogens is 1. The number of halogens is 3. The Balaban J connectivity index is 1.60. The van der Waals surface area contributed by atoms with Crippen LogP contribution >= 0.6 is 11.6 Å². The van der Waals surface area contributed by atoms with Crippen molar-refractivity contribution in [1.82, 2.24) is 5.16 Å². The Bertz CT molecular complexity index is 959. The molecule has 1 N–H and O–H groups in total. The smallest absolute Gasteiger partial charge is 0.264 e. The van der Waals surface area contributed by atoms with Gasteiger partial charge in [0.15, 0.2) is 18.2 Å². The third kappa shape index (κ3) is 4.18. The summed E-state index contributed by atoms with van der Waals surface area (Å²) in [5.74, 6) is -1.86. The molecule has 3 rings (SSSR count). The molecule has 2 aromatic carbocycles. The largest absolute Gasteiger partial charge is 0.484 e. The Kier molecular flexibility index (Phi) is 5.18. The summed E-state index contributed by atoms with van der Waals surface area (Å²) in [4.78, 5) is 11.9. The first-order chi connectivity index (χ1) is 12.4. The van der Waals surface area contributed by atoms with E-state index in [4.69, 9.17) is 20.9 Å². The Morgan fingerprint density at radius 1 is 1.19 bits per heavy atom. The SMILES string of the molecule is Cc1cc(OCC(=O)Nc2cc(-c3ccc(F)c(F)c3)no2)ccc1Cl. The molecule has 0 saturated carbocycles. The number of ether oxygens (including phenoxy) is 1. The maximum atomic E-state index is 13.3. The van der Waals surface area contributed by atoms with Gasteiger partial charge in [0.2, 0.25) is 5.88 Å². The Morgan fingerprint density at radius 2 is 2.00 bits per heavy atom. The van der Waals surface area contributed by atoms with E-state index in [1.807, 2.05) is 6.92 Å². The van der Waals surface area contributed by atoms with Crippen LogP contribution in [-0.2, 0) is 4.79 Å². The molecular formula is C18H13ClF2N2O3. The van der Waals surface area contributed by atoms with Gasteiger partial charge in [-0.25, -0.2) is 8.78 Å². The minimum atomic E-state index is -0.997. The molecule has 26 heavy (non-hydrogen) atoms. The second-order valence-electron chi connectivity index (χ2n) is 5.45. The van der Waals surface area contributed by atoms with Crippen LogP contribution < -0.4 is 10.1 Å². The summed E-state index contributed by atoms with van der Waals surface area (Å²) in [5, 5.41) is 6.79. The molecule has 0 aliphatic heterocycles. The zero-order valence-corrected chi connectivity index (χ0v) is 14.3. The van der Waals surface area contributed by atoms with Crippen LogP contribution in [0.2, 0.25) is 5.02 Å². The summed E-state index contributed by atoms with van der Waals surface area (Å²) in [6.07, 6.45) is 0. The molecule has 1 heterocycles. The molecule has 0 aliphatic rings. The number of rotatable bonds is 5. The molecule has 8 heteroatoms. The average Bonchev–Trinajstić information content (AvgIpc) is 3.07. The van der Waals surface area contributed by atoms with E-state index >= 15 is 0 Å². The zero-order valence-electron chi connectivity index (χ0n) is 13.6. The van der Waals surface area contributed by atoms with Gasteiger partial charge in [-0.2, -0.15) is 0 Å². The van der Waals surface area contributed by atoms with Gasteiger partial charge in [0.05, 0.1) is 0 Å². The Morgan fingerprint density at radius 3 is 2.73 bits per heavy atom. The summed E-state index contributed by atoms with van der Waals surface area (Å²) in [7, 11) is 0. The highest BCUT2D eigenvalue weighted by molar-refractivity contribution is 6.31. The molecule has 1 aromatic heterocycles. The van der Waals surface area contributed by atoms with Crippen LogP contribution in [0.3, 0.4) is 0 Å². The zero-order chi connectivity index (χ0) is 18.7. The Labute approximate surface area is 152 Å². The highest BCUT2D eigenvalue weighted by atomic mass is 35.5. The molecule has 5 nitrogen and oxygen atoms in total. The van der Waals surface area contributed by atoms with Crippen LogP contribution in [0.4, 0.5) is 14.7 Å². The van der Waals surface area contributed by atoms with Crippen molar-refractivity contribution in [3.8, 4) is 17.0 Å². The Hall–Kier alpha value is -2.93. The van der Waals surface area contributed by atoms with E-state index in [2.05, 4.69) is 10.5 Å². The van der Waals surface area contributed by atoms with Crippen LogP contribution in [0.15, 0.2) is 47.0 Å². The van der Waals surface area contributed by atoms with Crippen LogP contribution in [-0.4, -0.2) is 17.7 Å². The number of benzene rings is 2. The van der Waals surface area contributed by atoms with Crippen molar-refractivity contribution in [3.05, 3.63) is 64.7 Å². The predicted octanol–water partition coefficient (Wildman–Crippen LogP) is 4.60. The van der Waals surface area contributed by atoms with Gasteiger partial charge in [-0.3, -0.25) is 10.1 Å². The first-order valence-electron chi connectivity index (χ1n) is 7.53. The monoisotopic (exact) mass is 378 g/mol. The summed E-state index contributed by atoms with van der Waals surface area (Å²) in [5.41, 5.74) is 1.41. The van der Waals surface area contributed by atoms with Crippen molar-refractivity contribution >= 4 is 23.4 Å². The molecule has 3 aromatic rings. The fraction of sp³-hybridized carbons (Fsp3) is 0.111. The minimum Gasteiger partial charge on any atom is -0.484 e. The van der Waals surface area contributed by atoms with Gasteiger partial charge in [0.1, 0.15) is 11.4 Å². The number of nitrogens with zero attached hydrogens (tertiary/aromatic N) is 1. The van der Waals surface area contributed by atoms with Crippen LogP contribution in [0.25, 0.3) is 11.3 Å². The number of nitrogens with one attached hydrogen (secondary N) is 1. The number of hydrogen-bond donors (Lipinski definition) is 1. The quantitative estimate of drug-likeness (QED) is 0.704. The number of anilines is 1. The molecule has 134 valence electrons. The maximum Gasteiger partial charge on any atom is 0.264 e. The van der Waals surface area contributed by atoms with Crippen molar-refractivity contribution in [2.45, 2.75) is 6.92 Å². The average molecular weight is 379 g/mol. The lowest BCUT2D eigenvalue weighted by Crippen LogP contribution is -2.19. The van der Waals surface area contributed by atoms with Gasteiger partial charge in [-0.1, -0.05) is 16.8 Å². The number of amides is 1. The normalized spacial score (nSPS) is 10.6.